The number of aromatic nitrogens is 1. The van der Waals surface area contributed by atoms with Crippen LogP contribution >= 0.6 is 0 Å². The molecular formula is C15H23NO3. The third-order valence-electron chi connectivity index (χ3n) is 3.07. The Morgan fingerprint density at radius 1 is 1.16 bits per heavy atom. The number of nitrogens with one attached hydrogen (secondary N) is 1. The second-order valence-corrected chi connectivity index (χ2v) is 4.61. The zero-order chi connectivity index (χ0) is 14.1. The first-order chi connectivity index (χ1) is 9.20. The summed E-state index contributed by atoms with van der Waals surface area (Å²) in [5.74, 6) is -0.545. The smallest absolute Gasteiger partial charge is 0.343 e. The molecule has 0 unspecified atom stereocenters. The van der Waals surface area contributed by atoms with Gasteiger partial charge in [-0.15, -0.1) is 0 Å². The number of hydrogen-bond donors (Lipinski definition) is 1. The van der Waals surface area contributed by atoms with E-state index >= 15 is 0 Å². The van der Waals surface area contributed by atoms with Crippen molar-refractivity contribution in [1.29, 1.82) is 0 Å². The Bertz CT molecular complexity index is 451. The number of H-pyrrole nitrogens is 1. The maximum atomic E-state index is 12.1. The van der Waals surface area contributed by atoms with Gasteiger partial charge in [-0.1, -0.05) is 32.6 Å². The van der Waals surface area contributed by atoms with Crippen LogP contribution in [-0.4, -0.2) is 17.6 Å². The standard InChI is InChI=1S/C15H23NO3/c1-3-5-6-7-8-9-12-10-16-11-13(14(12)17)15(18)19-4-2/h10-11H,3-9H2,1-2H3,(H,16,17). The molecule has 4 nitrogen and oxygen atoms in total. The lowest BCUT2D eigenvalue weighted by Crippen LogP contribution is -2.21. The van der Waals surface area contributed by atoms with Crippen LogP contribution in [0.3, 0.4) is 0 Å². The summed E-state index contributed by atoms with van der Waals surface area (Å²) >= 11 is 0. The Morgan fingerprint density at radius 2 is 1.89 bits per heavy atom. The number of pyridine rings is 1. The first-order valence-electron chi connectivity index (χ1n) is 7.07. The minimum Gasteiger partial charge on any atom is -0.462 e. The molecule has 106 valence electrons. The highest BCUT2D eigenvalue weighted by molar-refractivity contribution is 5.89. The van der Waals surface area contributed by atoms with E-state index < -0.39 is 5.97 Å². The van der Waals surface area contributed by atoms with E-state index in [-0.39, 0.29) is 17.6 Å². The van der Waals surface area contributed by atoms with Crippen LogP contribution in [0.2, 0.25) is 0 Å². The van der Waals surface area contributed by atoms with Gasteiger partial charge in [-0.2, -0.15) is 0 Å². The molecule has 1 aromatic rings. The van der Waals surface area contributed by atoms with E-state index in [9.17, 15) is 9.59 Å². The molecule has 0 bridgehead atoms. The average molecular weight is 265 g/mol. The van der Waals surface area contributed by atoms with Gasteiger partial charge in [0, 0.05) is 18.0 Å². The number of rotatable bonds is 8. The van der Waals surface area contributed by atoms with E-state index in [1.54, 1.807) is 13.1 Å². The molecule has 1 rings (SSSR count). The van der Waals surface area contributed by atoms with Crippen LogP contribution in [-0.2, 0) is 11.2 Å². The maximum Gasteiger partial charge on any atom is 0.343 e. The van der Waals surface area contributed by atoms with Crippen molar-refractivity contribution in [3.63, 3.8) is 0 Å². The molecule has 0 amide bonds. The SMILES string of the molecule is CCCCCCCc1c[nH]cc(C(=O)OCC)c1=O. The van der Waals surface area contributed by atoms with Crippen LogP contribution in [0, 0.1) is 0 Å². The van der Waals surface area contributed by atoms with Crippen LogP contribution in [0.4, 0.5) is 0 Å². The second kappa shape index (κ2) is 8.51. The Hall–Kier alpha value is -1.58. The maximum absolute atomic E-state index is 12.1. The van der Waals surface area contributed by atoms with Gasteiger partial charge < -0.3 is 9.72 Å². The average Bonchev–Trinajstić information content (AvgIpc) is 2.40. The lowest BCUT2D eigenvalue weighted by atomic mass is 10.1. The lowest BCUT2D eigenvalue weighted by Gasteiger charge is -2.04. The molecule has 1 aromatic heterocycles. The Labute approximate surface area is 114 Å². The van der Waals surface area contributed by atoms with Crippen molar-refractivity contribution in [2.24, 2.45) is 0 Å². The third-order valence-corrected chi connectivity index (χ3v) is 3.07. The number of ether oxygens (including phenoxy) is 1. The molecule has 19 heavy (non-hydrogen) atoms. The third kappa shape index (κ3) is 4.89. The summed E-state index contributed by atoms with van der Waals surface area (Å²) in [4.78, 5) is 26.5. The molecule has 0 saturated heterocycles. The summed E-state index contributed by atoms with van der Waals surface area (Å²) in [6.07, 6.45) is 9.56. The summed E-state index contributed by atoms with van der Waals surface area (Å²) < 4.78 is 4.86. The number of aryl methyl sites for hydroxylation is 1. The van der Waals surface area contributed by atoms with E-state index in [2.05, 4.69) is 11.9 Å². The molecule has 0 fully saturated rings. The summed E-state index contributed by atoms with van der Waals surface area (Å²) in [7, 11) is 0. The van der Waals surface area contributed by atoms with E-state index in [1.165, 1.54) is 25.5 Å². The van der Waals surface area contributed by atoms with E-state index in [4.69, 9.17) is 4.74 Å². The van der Waals surface area contributed by atoms with Crippen molar-refractivity contribution in [2.75, 3.05) is 6.61 Å². The zero-order valence-electron chi connectivity index (χ0n) is 11.8. The predicted molar refractivity (Wildman–Crippen MR) is 75.5 cm³/mol. The molecule has 0 aliphatic carbocycles. The first-order valence-corrected chi connectivity index (χ1v) is 7.07. The molecule has 1 heterocycles. The molecular weight excluding hydrogens is 242 g/mol. The Morgan fingerprint density at radius 3 is 2.58 bits per heavy atom. The van der Waals surface area contributed by atoms with Gasteiger partial charge >= 0.3 is 5.97 Å². The normalized spacial score (nSPS) is 10.4. The van der Waals surface area contributed by atoms with Gasteiger partial charge in [0.25, 0.3) is 0 Å². The highest BCUT2D eigenvalue weighted by Gasteiger charge is 2.13. The van der Waals surface area contributed by atoms with Crippen LogP contribution in [0.15, 0.2) is 17.2 Å². The van der Waals surface area contributed by atoms with E-state index in [0.29, 0.717) is 12.0 Å². The van der Waals surface area contributed by atoms with Crippen LogP contribution in [0.5, 0.6) is 0 Å². The fraction of sp³-hybridized carbons (Fsp3) is 0.600. The molecule has 0 aliphatic heterocycles. The predicted octanol–water partition coefficient (Wildman–Crippen LogP) is 3.06. The molecule has 0 radical (unpaired) electrons. The molecule has 1 N–H and O–H groups in total. The van der Waals surface area contributed by atoms with Gasteiger partial charge in [-0.3, -0.25) is 4.79 Å². The Kier molecular flexibility index (Phi) is 6.93. The van der Waals surface area contributed by atoms with Crippen molar-refractivity contribution in [2.45, 2.75) is 52.4 Å². The number of unbranched alkanes of at least 4 members (excludes halogenated alkanes) is 4. The molecule has 0 atom stereocenters. The van der Waals surface area contributed by atoms with Crippen LogP contribution < -0.4 is 5.43 Å². The lowest BCUT2D eigenvalue weighted by molar-refractivity contribution is 0.0524. The van der Waals surface area contributed by atoms with Gasteiger partial charge in [-0.05, 0) is 19.8 Å². The van der Waals surface area contributed by atoms with Crippen molar-refractivity contribution in [3.05, 3.63) is 33.7 Å². The molecule has 0 aliphatic rings. The fourth-order valence-electron chi connectivity index (χ4n) is 1.99. The molecule has 0 saturated carbocycles. The van der Waals surface area contributed by atoms with Crippen molar-refractivity contribution in [3.8, 4) is 0 Å². The first kappa shape index (κ1) is 15.5. The molecule has 0 aromatic carbocycles. The minimum absolute atomic E-state index is 0.105. The van der Waals surface area contributed by atoms with Gasteiger partial charge in [0.2, 0.25) is 0 Å². The largest absolute Gasteiger partial charge is 0.462 e. The number of carbonyl (C=O) groups is 1. The van der Waals surface area contributed by atoms with Crippen LogP contribution in [0.1, 0.15) is 61.9 Å². The topological polar surface area (TPSA) is 59.2 Å². The molecule has 4 heteroatoms. The van der Waals surface area contributed by atoms with Gasteiger partial charge in [0.15, 0.2) is 5.43 Å². The van der Waals surface area contributed by atoms with E-state index in [1.807, 2.05) is 0 Å². The quantitative estimate of drug-likeness (QED) is 0.580. The summed E-state index contributed by atoms with van der Waals surface area (Å²) in [5.41, 5.74) is 0.572. The minimum atomic E-state index is -0.545. The molecule has 0 spiro atoms. The zero-order valence-corrected chi connectivity index (χ0v) is 11.8. The number of esters is 1. The van der Waals surface area contributed by atoms with Gasteiger partial charge in [0.05, 0.1) is 6.61 Å². The number of aromatic amines is 1. The summed E-state index contributed by atoms with van der Waals surface area (Å²) in [5, 5.41) is 0. The van der Waals surface area contributed by atoms with Gasteiger partial charge in [0.1, 0.15) is 5.56 Å². The monoisotopic (exact) mass is 265 g/mol. The second-order valence-electron chi connectivity index (χ2n) is 4.61. The van der Waals surface area contributed by atoms with E-state index in [0.717, 1.165) is 12.8 Å². The fourth-order valence-corrected chi connectivity index (χ4v) is 1.99. The number of hydrogen-bond acceptors (Lipinski definition) is 3. The van der Waals surface area contributed by atoms with Crippen molar-refractivity contribution in [1.82, 2.24) is 4.98 Å². The Balaban J connectivity index is 2.62. The summed E-state index contributed by atoms with van der Waals surface area (Å²) in [6, 6.07) is 0. The highest BCUT2D eigenvalue weighted by Crippen LogP contribution is 2.06. The highest BCUT2D eigenvalue weighted by atomic mass is 16.5. The summed E-state index contributed by atoms with van der Waals surface area (Å²) in [6.45, 7) is 4.18. The van der Waals surface area contributed by atoms with Gasteiger partial charge in [-0.25, -0.2) is 4.79 Å². The van der Waals surface area contributed by atoms with Crippen molar-refractivity contribution >= 4 is 5.97 Å². The van der Waals surface area contributed by atoms with Crippen molar-refractivity contribution < 1.29 is 9.53 Å². The number of carbonyl (C=O) groups excluding carboxylic acids is 1. The van der Waals surface area contributed by atoms with Crippen LogP contribution in [0.25, 0.3) is 0 Å².